The van der Waals surface area contributed by atoms with Gasteiger partial charge >= 0.3 is 0 Å². The van der Waals surface area contributed by atoms with Crippen LogP contribution in [0, 0.1) is 13.8 Å². The van der Waals surface area contributed by atoms with E-state index in [1.54, 1.807) is 7.11 Å². The van der Waals surface area contributed by atoms with E-state index < -0.39 is 0 Å². The van der Waals surface area contributed by atoms with Crippen molar-refractivity contribution < 1.29 is 28.7 Å². The molecule has 174 valence electrons. The van der Waals surface area contributed by atoms with Gasteiger partial charge in [0.15, 0.2) is 5.75 Å². The van der Waals surface area contributed by atoms with Gasteiger partial charge in [-0.05, 0) is 32.4 Å². The van der Waals surface area contributed by atoms with E-state index in [4.69, 9.17) is 38.7 Å². The van der Waals surface area contributed by atoms with Crippen molar-refractivity contribution in [2.45, 2.75) is 27.2 Å². The van der Waals surface area contributed by atoms with Gasteiger partial charge in [0.25, 0.3) is 0 Å². The number of aryl methyl sites for hydroxylation is 2. The number of hydrogen-bond donors (Lipinski definition) is 0. The number of nitrogens with zero attached hydrogens (tertiary/aromatic N) is 2. The second-order valence-corrected chi connectivity index (χ2v) is 7.35. The normalized spacial score (nSPS) is 11.4. The summed E-state index contributed by atoms with van der Waals surface area (Å²) >= 11 is 0. The topological polar surface area (TPSA) is 81.2 Å². The first-order valence-corrected chi connectivity index (χ1v) is 10.9. The zero-order chi connectivity index (χ0) is 22.8. The molecule has 3 rings (SSSR count). The van der Waals surface area contributed by atoms with Crippen LogP contribution >= 0.6 is 0 Å². The molecule has 32 heavy (non-hydrogen) atoms. The highest BCUT2D eigenvalue weighted by molar-refractivity contribution is 6.07. The third-order valence-corrected chi connectivity index (χ3v) is 4.66. The van der Waals surface area contributed by atoms with Crippen LogP contribution in [0.3, 0.4) is 0 Å². The first kappa shape index (κ1) is 24.1. The lowest BCUT2D eigenvalue weighted by molar-refractivity contribution is -0.214. The molecular weight excluding hydrogens is 412 g/mol. The number of benzene rings is 1. The zero-order valence-corrected chi connectivity index (χ0v) is 19.3. The van der Waals surface area contributed by atoms with Crippen LogP contribution in [-0.4, -0.2) is 63.3 Å². The van der Waals surface area contributed by atoms with E-state index >= 15 is 0 Å². The van der Waals surface area contributed by atoms with E-state index in [2.05, 4.69) is 6.92 Å². The third-order valence-electron chi connectivity index (χ3n) is 4.66. The van der Waals surface area contributed by atoms with Gasteiger partial charge in [0.05, 0.1) is 26.4 Å². The molecule has 0 unspecified atom stereocenters. The van der Waals surface area contributed by atoms with Crippen molar-refractivity contribution in [1.29, 1.82) is 0 Å². The highest BCUT2D eigenvalue weighted by Gasteiger charge is 2.14. The van der Waals surface area contributed by atoms with E-state index in [0.29, 0.717) is 52.0 Å². The van der Waals surface area contributed by atoms with Gasteiger partial charge < -0.3 is 23.8 Å². The summed E-state index contributed by atoms with van der Waals surface area (Å²) in [5, 5.41) is 1.71. The minimum Gasteiger partial charge on any atom is -0.490 e. The molecule has 0 bridgehead atoms. The summed E-state index contributed by atoms with van der Waals surface area (Å²) in [5.41, 5.74) is 3.16. The fourth-order valence-corrected chi connectivity index (χ4v) is 3.24. The Hall–Kier alpha value is -2.52. The fourth-order valence-electron chi connectivity index (χ4n) is 3.24. The molecule has 1 aromatic carbocycles. The molecule has 0 aliphatic carbocycles. The number of hydrogen-bond acceptors (Lipinski definition) is 8. The molecule has 0 N–H and O–H groups in total. The number of fused-ring (bicyclic) bond motifs is 3. The fraction of sp³-hybridized carbons (Fsp3) is 0.500. The Balaban J connectivity index is 1.80. The Kier molecular flexibility index (Phi) is 9.43. The largest absolute Gasteiger partial charge is 0.490 e. The van der Waals surface area contributed by atoms with Crippen LogP contribution in [0.25, 0.3) is 21.8 Å². The monoisotopic (exact) mass is 444 g/mol. The maximum absolute atomic E-state index is 6.00. The molecular formula is C24H32N2O6. The summed E-state index contributed by atoms with van der Waals surface area (Å²) in [5.74, 6) is 1.35. The van der Waals surface area contributed by atoms with Crippen LogP contribution in [0.1, 0.15) is 24.7 Å². The molecule has 0 amide bonds. The van der Waals surface area contributed by atoms with Crippen molar-refractivity contribution >= 4 is 21.8 Å². The number of ether oxygens (including phenoxy) is 4. The van der Waals surface area contributed by atoms with Crippen LogP contribution in [0.4, 0.5) is 0 Å². The van der Waals surface area contributed by atoms with E-state index in [-0.39, 0.29) is 0 Å². The van der Waals surface area contributed by atoms with E-state index in [1.165, 1.54) is 0 Å². The molecule has 2 heterocycles. The lowest BCUT2D eigenvalue weighted by atomic mass is 10.1. The minimum atomic E-state index is 0.345. The van der Waals surface area contributed by atoms with Gasteiger partial charge in [-0.15, -0.1) is 0 Å². The molecule has 0 spiro atoms. The molecule has 8 nitrogen and oxygen atoms in total. The first-order valence-electron chi connectivity index (χ1n) is 10.9. The Morgan fingerprint density at radius 3 is 2.00 bits per heavy atom. The molecule has 0 saturated carbocycles. The summed E-state index contributed by atoms with van der Waals surface area (Å²) in [6, 6.07) is 7.70. The Bertz CT molecular complexity index is 930. The predicted octanol–water partition coefficient (Wildman–Crippen LogP) is 4.18. The maximum Gasteiger partial charge on any atom is 0.176 e. The molecule has 0 atom stereocenters. The van der Waals surface area contributed by atoms with Gasteiger partial charge in [0.1, 0.15) is 30.0 Å². The van der Waals surface area contributed by atoms with Gasteiger partial charge in [0, 0.05) is 48.0 Å². The van der Waals surface area contributed by atoms with Gasteiger partial charge in [-0.1, -0.05) is 6.92 Å². The van der Waals surface area contributed by atoms with Crippen molar-refractivity contribution in [2.75, 3.05) is 53.4 Å². The van der Waals surface area contributed by atoms with E-state index in [1.807, 2.05) is 38.1 Å². The second-order valence-electron chi connectivity index (χ2n) is 7.35. The van der Waals surface area contributed by atoms with Gasteiger partial charge in [-0.2, -0.15) is 4.89 Å². The summed E-state index contributed by atoms with van der Waals surface area (Å²) < 4.78 is 21.9. The standard InChI is InChI=1S/C24H32N2O6/c1-5-8-28-12-14-31-32-22-16-18(3)26-24-20(22)7-6-19-21(15-17(2)25-23(19)24)30-13-11-29-10-9-27-4/h6-7,15-16H,5,8-14H2,1-4H3. The van der Waals surface area contributed by atoms with Crippen LogP contribution in [0.5, 0.6) is 11.5 Å². The second kappa shape index (κ2) is 12.5. The van der Waals surface area contributed by atoms with Crippen molar-refractivity contribution in [3.8, 4) is 11.5 Å². The maximum atomic E-state index is 6.00. The summed E-state index contributed by atoms with van der Waals surface area (Å²) in [6.45, 7) is 9.48. The summed E-state index contributed by atoms with van der Waals surface area (Å²) in [4.78, 5) is 20.4. The number of rotatable bonds is 14. The lowest BCUT2D eigenvalue weighted by Gasteiger charge is -2.14. The Morgan fingerprint density at radius 1 is 0.719 bits per heavy atom. The number of aromatic nitrogens is 2. The van der Waals surface area contributed by atoms with Crippen LogP contribution < -0.4 is 9.62 Å². The molecule has 8 heteroatoms. The van der Waals surface area contributed by atoms with Gasteiger partial charge in [-0.3, -0.25) is 9.97 Å². The third kappa shape index (κ3) is 6.49. The predicted molar refractivity (Wildman–Crippen MR) is 122 cm³/mol. The average Bonchev–Trinajstić information content (AvgIpc) is 2.78. The molecule has 2 aromatic heterocycles. The summed E-state index contributed by atoms with van der Waals surface area (Å²) in [7, 11) is 1.65. The van der Waals surface area contributed by atoms with Gasteiger partial charge in [0.2, 0.25) is 0 Å². The number of methoxy groups -OCH3 is 1. The smallest absolute Gasteiger partial charge is 0.176 e. The van der Waals surface area contributed by atoms with Crippen LogP contribution in [0.2, 0.25) is 0 Å². The van der Waals surface area contributed by atoms with Crippen LogP contribution in [-0.2, 0) is 19.1 Å². The van der Waals surface area contributed by atoms with Gasteiger partial charge in [-0.25, -0.2) is 0 Å². The van der Waals surface area contributed by atoms with Crippen molar-refractivity contribution in [1.82, 2.24) is 9.97 Å². The Morgan fingerprint density at radius 2 is 1.31 bits per heavy atom. The molecule has 0 fully saturated rings. The van der Waals surface area contributed by atoms with E-state index in [0.717, 1.165) is 45.4 Å². The van der Waals surface area contributed by atoms with Crippen molar-refractivity contribution in [2.24, 2.45) is 0 Å². The molecule has 0 radical (unpaired) electrons. The SMILES string of the molecule is CCCOCCOOc1cc(C)nc2c1ccc1c(OCCOCCOC)cc(C)nc12. The van der Waals surface area contributed by atoms with Crippen LogP contribution in [0.15, 0.2) is 24.3 Å². The number of pyridine rings is 2. The molecule has 0 aliphatic rings. The first-order chi connectivity index (χ1) is 15.6. The van der Waals surface area contributed by atoms with Crippen molar-refractivity contribution in [3.05, 3.63) is 35.7 Å². The molecule has 0 saturated heterocycles. The molecule has 0 aliphatic heterocycles. The zero-order valence-electron chi connectivity index (χ0n) is 19.3. The summed E-state index contributed by atoms with van der Waals surface area (Å²) in [6.07, 6.45) is 0.973. The quantitative estimate of drug-likeness (QED) is 0.159. The minimum absolute atomic E-state index is 0.345. The highest BCUT2D eigenvalue weighted by atomic mass is 17.2. The van der Waals surface area contributed by atoms with E-state index in [9.17, 15) is 0 Å². The van der Waals surface area contributed by atoms with Crippen molar-refractivity contribution in [3.63, 3.8) is 0 Å². The molecule has 3 aromatic rings. The lowest BCUT2D eigenvalue weighted by Crippen LogP contribution is -2.10. The highest BCUT2D eigenvalue weighted by Crippen LogP contribution is 2.34. The average molecular weight is 445 g/mol. The Labute approximate surface area is 188 Å².